The number of aliphatic imine (C=N–C) groups is 1. The van der Waals surface area contributed by atoms with E-state index in [2.05, 4.69) is 11.9 Å². The minimum atomic E-state index is -1.49. The predicted molar refractivity (Wildman–Crippen MR) is 96.4 cm³/mol. The number of carbonyl (C=O) groups excluding carboxylic acids is 1. The zero-order valence-electron chi connectivity index (χ0n) is 15.3. The van der Waals surface area contributed by atoms with Crippen LogP contribution in [0.15, 0.2) is 4.99 Å². The van der Waals surface area contributed by atoms with Crippen molar-refractivity contribution >= 4 is 11.7 Å². The summed E-state index contributed by atoms with van der Waals surface area (Å²) in [6, 6.07) is -1.31. The van der Waals surface area contributed by atoms with Gasteiger partial charge in [0.05, 0.1) is 12.1 Å². The van der Waals surface area contributed by atoms with E-state index in [1.54, 1.807) is 13.8 Å². The van der Waals surface area contributed by atoms with E-state index in [1.165, 1.54) is 0 Å². The molecule has 0 aromatic carbocycles. The van der Waals surface area contributed by atoms with Crippen LogP contribution in [0.1, 0.15) is 52.9 Å². The molecule has 0 aromatic rings. The van der Waals surface area contributed by atoms with Crippen molar-refractivity contribution < 1.29 is 14.3 Å². The minimum absolute atomic E-state index is 0.0227. The van der Waals surface area contributed by atoms with Crippen LogP contribution >= 0.6 is 0 Å². The van der Waals surface area contributed by atoms with Gasteiger partial charge in [-0.1, -0.05) is 19.8 Å². The zero-order chi connectivity index (χ0) is 18.6. The smallest absolute Gasteiger partial charge is 0.246 e. The number of unbranched alkanes of at least 4 members (excludes halogenated alkanes) is 1. The first-order chi connectivity index (χ1) is 11.4. The number of nitrogens with zero attached hydrogens (tertiary/aromatic N) is 1. The van der Waals surface area contributed by atoms with Crippen molar-refractivity contribution in [1.82, 2.24) is 0 Å². The fourth-order valence-corrected chi connectivity index (χ4v) is 2.53. The molecule has 142 valence electrons. The third kappa shape index (κ3) is 7.12. The molecule has 0 radical (unpaired) electrons. The lowest BCUT2D eigenvalue weighted by molar-refractivity contribution is -0.236. The molecule has 0 unspecified atom stereocenters. The van der Waals surface area contributed by atoms with Crippen LogP contribution in [-0.4, -0.2) is 49.4 Å². The molecule has 0 aliphatic carbocycles. The number of Topliss-reactive ketones (excluding diaryl/α,β-unsaturated/α-hetero) is 1. The van der Waals surface area contributed by atoms with Crippen LogP contribution in [0, 0.1) is 0 Å². The summed E-state index contributed by atoms with van der Waals surface area (Å²) in [5.41, 5.74) is 22.9. The van der Waals surface area contributed by atoms with Gasteiger partial charge in [0.1, 0.15) is 0 Å². The van der Waals surface area contributed by atoms with E-state index >= 15 is 0 Å². The Balaban J connectivity index is 5.08. The fraction of sp³-hybridized carbons (Fsp3) is 0.875. The van der Waals surface area contributed by atoms with Crippen LogP contribution in [0.3, 0.4) is 0 Å². The van der Waals surface area contributed by atoms with Crippen molar-refractivity contribution in [3.63, 3.8) is 0 Å². The van der Waals surface area contributed by atoms with Gasteiger partial charge in [-0.05, 0) is 33.1 Å². The van der Waals surface area contributed by atoms with Gasteiger partial charge in [-0.15, -0.1) is 0 Å². The van der Waals surface area contributed by atoms with Crippen LogP contribution in [0.5, 0.6) is 0 Å². The lowest BCUT2D eigenvalue weighted by Crippen LogP contribution is -2.62. The van der Waals surface area contributed by atoms with Gasteiger partial charge >= 0.3 is 0 Å². The molecule has 24 heavy (non-hydrogen) atoms. The second kappa shape index (κ2) is 12.2. The maximum absolute atomic E-state index is 12.9. The number of guanidine groups is 1. The zero-order valence-corrected chi connectivity index (χ0v) is 15.3. The predicted octanol–water partition coefficient (Wildman–Crippen LogP) is 0.223. The largest absolute Gasteiger partial charge is 0.370 e. The Morgan fingerprint density at radius 1 is 1.04 bits per heavy atom. The Hall–Kier alpha value is -1.22. The van der Waals surface area contributed by atoms with E-state index < -0.39 is 17.9 Å². The Morgan fingerprint density at radius 2 is 1.62 bits per heavy atom. The Bertz CT molecular complexity index is 380. The summed E-state index contributed by atoms with van der Waals surface area (Å²) in [6.45, 7) is 6.71. The summed E-state index contributed by atoms with van der Waals surface area (Å²) in [5, 5.41) is 0. The molecule has 0 aromatic heterocycles. The first kappa shape index (κ1) is 22.8. The van der Waals surface area contributed by atoms with E-state index in [4.69, 9.17) is 32.4 Å². The molecular weight excluding hydrogens is 310 g/mol. The molecule has 8 N–H and O–H groups in total. The van der Waals surface area contributed by atoms with Gasteiger partial charge in [-0.3, -0.25) is 9.79 Å². The molecule has 8 nitrogen and oxygen atoms in total. The second-order valence-corrected chi connectivity index (χ2v) is 5.70. The molecule has 0 aliphatic heterocycles. The van der Waals surface area contributed by atoms with Crippen LogP contribution in [0.4, 0.5) is 0 Å². The summed E-state index contributed by atoms with van der Waals surface area (Å²) in [7, 11) is 0. The van der Waals surface area contributed by atoms with Gasteiger partial charge in [0.25, 0.3) is 0 Å². The summed E-state index contributed by atoms with van der Waals surface area (Å²) in [6.07, 6.45) is 3.50. The van der Waals surface area contributed by atoms with E-state index in [1.807, 2.05) is 0 Å². The van der Waals surface area contributed by atoms with Crippen molar-refractivity contribution in [2.24, 2.45) is 27.9 Å². The highest BCUT2D eigenvalue weighted by molar-refractivity contribution is 5.91. The Kier molecular flexibility index (Phi) is 11.6. The van der Waals surface area contributed by atoms with Gasteiger partial charge in [-0.2, -0.15) is 0 Å². The number of carbonyl (C=O) groups is 1. The van der Waals surface area contributed by atoms with Crippen molar-refractivity contribution in [3.05, 3.63) is 0 Å². The SMILES string of the molecule is CCCC[C@H](N)C(OCC)(OCC)C(=O)[C@@H](N)CCCN=C(N)N. The normalized spacial score (nSPS) is 14.2. The van der Waals surface area contributed by atoms with E-state index in [0.29, 0.717) is 39.0 Å². The molecule has 0 fully saturated rings. The highest BCUT2D eigenvalue weighted by Crippen LogP contribution is 2.25. The monoisotopic (exact) mass is 345 g/mol. The molecule has 2 atom stereocenters. The summed E-state index contributed by atoms with van der Waals surface area (Å²) >= 11 is 0. The van der Waals surface area contributed by atoms with Crippen molar-refractivity contribution in [2.75, 3.05) is 19.8 Å². The third-order valence-corrected chi connectivity index (χ3v) is 3.72. The topological polar surface area (TPSA) is 152 Å². The molecule has 0 spiro atoms. The quantitative estimate of drug-likeness (QED) is 0.152. The Morgan fingerprint density at radius 3 is 2.08 bits per heavy atom. The van der Waals surface area contributed by atoms with Crippen molar-refractivity contribution in [1.29, 1.82) is 0 Å². The molecular formula is C16H35N5O3. The lowest BCUT2D eigenvalue weighted by Gasteiger charge is -2.38. The van der Waals surface area contributed by atoms with Crippen LogP contribution in [0.2, 0.25) is 0 Å². The van der Waals surface area contributed by atoms with Crippen LogP contribution < -0.4 is 22.9 Å². The number of nitrogens with two attached hydrogens (primary N) is 4. The number of ether oxygens (including phenoxy) is 2. The molecule has 0 amide bonds. The number of hydrogen-bond donors (Lipinski definition) is 4. The van der Waals surface area contributed by atoms with Crippen LogP contribution in [-0.2, 0) is 14.3 Å². The van der Waals surface area contributed by atoms with E-state index in [9.17, 15) is 4.79 Å². The minimum Gasteiger partial charge on any atom is -0.370 e. The van der Waals surface area contributed by atoms with E-state index in [-0.39, 0.29) is 11.7 Å². The summed E-state index contributed by atoms with van der Waals surface area (Å²) in [4.78, 5) is 16.8. The molecule has 0 bridgehead atoms. The highest BCUT2D eigenvalue weighted by atomic mass is 16.7. The standard InChI is InChI=1S/C16H35N5O3/c1-4-7-10-13(18)16(23-5-2,24-6-3)14(22)12(17)9-8-11-21-15(19)20/h12-13H,4-11,17-18H2,1-3H3,(H4,19,20,21)/t12-,13-/m0/s1. The van der Waals surface area contributed by atoms with E-state index in [0.717, 1.165) is 12.8 Å². The highest BCUT2D eigenvalue weighted by Gasteiger charge is 2.47. The van der Waals surface area contributed by atoms with Gasteiger partial charge < -0.3 is 32.4 Å². The Labute approximate surface area is 145 Å². The van der Waals surface area contributed by atoms with Gasteiger partial charge in [-0.25, -0.2) is 0 Å². The third-order valence-electron chi connectivity index (χ3n) is 3.72. The molecule has 8 heteroatoms. The molecule has 0 saturated heterocycles. The van der Waals surface area contributed by atoms with Crippen molar-refractivity contribution in [3.8, 4) is 0 Å². The number of hydrogen-bond acceptors (Lipinski definition) is 6. The first-order valence-corrected chi connectivity index (χ1v) is 8.74. The van der Waals surface area contributed by atoms with Gasteiger partial charge in [0.15, 0.2) is 5.96 Å². The number of rotatable bonds is 14. The van der Waals surface area contributed by atoms with Crippen molar-refractivity contribution in [2.45, 2.75) is 70.7 Å². The van der Waals surface area contributed by atoms with Crippen LogP contribution in [0.25, 0.3) is 0 Å². The maximum Gasteiger partial charge on any atom is 0.246 e. The molecule has 0 saturated carbocycles. The molecule has 0 rings (SSSR count). The second-order valence-electron chi connectivity index (χ2n) is 5.70. The average molecular weight is 345 g/mol. The molecule has 0 aliphatic rings. The summed E-state index contributed by atoms with van der Waals surface area (Å²) in [5.74, 6) is -1.79. The van der Waals surface area contributed by atoms with Gasteiger partial charge in [0, 0.05) is 19.8 Å². The molecule has 0 heterocycles. The average Bonchev–Trinajstić information content (AvgIpc) is 2.55. The number of ketones is 1. The lowest BCUT2D eigenvalue weighted by atomic mass is 9.91. The summed E-state index contributed by atoms with van der Waals surface area (Å²) < 4.78 is 11.4. The van der Waals surface area contributed by atoms with Gasteiger partial charge in [0.2, 0.25) is 11.6 Å². The fourth-order valence-electron chi connectivity index (χ4n) is 2.53. The maximum atomic E-state index is 12.9. The first-order valence-electron chi connectivity index (χ1n) is 8.74.